The van der Waals surface area contributed by atoms with Crippen LogP contribution in [0.3, 0.4) is 0 Å². The first-order chi connectivity index (χ1) is 9.94. The predicted molar refractivity (Wildman–Crippen MR) is 93.3 cm³/mol. The second kappa shape index (κ2) is 6.74. The Hall–Kier alpha value is -1.15. The Morgan fingerprint density at radius 2 is 1.48 bits per heavy atom. The third kappa shape index (κ3) is 3.55. The molecule has 3 atom stereocenters. The van der Waals surface area contributed by atoms with Crippen molar-refractivity contribution in [3.63, 3.8) is 0 Å². The van der Waals surface area contributed by atoms with E-state index in [-0.39, 0.29) is 6.04 Å². The molecule has 4 heteroatoms. The van der Waals surface area contributed by atoms with Crippen LogP contribution in [0.1, 0.15) is 18.6 Å². The maximum Gasteiger partial charge on any atom is 0.0975 e. The molecular weight excluding hydrogens is 276 g/mol. The molecule has 109 valence electrons. The molecule has 0 aliphatic carbocycles. The summed E-state index contributed by atoms with van der Waals surface area (Å²) in [5.41, 5.74) is 0.921. The molecule has 3 radical (unpaired) electrons. The number of benzene rings is 2. The Kier molecular flexibility index (Phi) is 5.21. The zero-order valence-corrected chi connectivity index (χ0v) is 13.7. The van der Waals surface area contributed by atoms with Crippen LogP contribution in [0.2, 0.25) is 0 Å². The molecule has 2 nitrogen and oxygen atoms in total. The van der Waals surface area contributed by atoms with Crippen LogP contribution >= 0.6 is 7.29 Å². The fourth-order valence-corrected chi connectivity index (χ4v) is 4.45. The molecule has 1 N–H and O–H groups in total. The minimum Gasteiger partial charge on any atom is -0.387 e. The van der Waals surface area contributed by atoms with Gasteiger partial charge in [0.1, 0.15) is 0 Å². The molecule has 0 saturated carbocycles. The summed E-state index contributed by atoms with van der Waals surface area (Å²) in [5.74, 6) is 0. The van der Waals surface area contributed by atoms with E-state index in [9.17, 15) is 5.11 Å². The van der Waals surface area contributed by atoms with E-state index in [0.717, 1.165) is 10.9 Å². The van der Waals surface area contributed by atoms with Crippen LogP contribution in [0.5, 0.6) is 0 Å². The third-order valence-electron chi connectivity index (χ3n) is 4.12. The summed E-state index contributed by atoms with van der Waals surface area (Å²) >= 11 is 0. The van der Waals surface area contributed by atoms with Crippen molar-refractivity contribution in [2.45, 2.75) is 19.1 Å². The van der Waals surface area contributed by atoms with Crippen molar-refractivity contribution in [3.05, 3.63) is 66.2 Å². The van der Waals surface area contributed by atoms with Crippen molar-refractivity contribution in [2.75, 3.05) is 13.7 Å². The van der Waals surface area contributed by atoms with Crippen LogP contribution in [0, 0.1) is 0 Å². The average Bonchev–Trinajstić information content (AvgIpc) is 2.54. The number of hydrogen-bond donors (Lipinski definition) is 1. The van der Waals surface area contributed by atoms with Gasteiger partial charge in [-0.05, 0) is 24.6 Å². The number of aliphatic hydroxyl groups excluding tert-OH is 1. The fourth-order valence-electron chi connectivity index (χ4n) is 2.42. The first kappa shape index (κ1) is 16.2. The first-order valence-electron chi connectivity index (χ1n) is 7.11. The van der Waals surface area contributed by atoms with Gasteiger partial charge in [-0.15, -0.1) is 0 Å². The molecule has 0 bridgehead atoms. The molecule has 0 heterocycles. The molecule has 0 aliphatic rings. The highest BCUT2D eigenvalue weighted by Gasteiger charge is 2.30. The maximum atomic E-state index is 10.6. The standard InChI is InChI=1S/C17H22BNOP/c1-14(17(20)15-10-6-4-7-11-15)19(2)21(3,18)16-12-8-5-9-13-16/h4-14,17,20H,1-3H3/t14-,17-,21?/m1/s1. The van der Waals surface area contributed by atoms with Crippen LogP contribution in [-0.4, -0.2) is 37.1 Å². The van der Waals surface area contributed by atoms with Gasteiger partial charge in [-0.25, -0.2) is 4.67 Å². The largest absolute Gasteiger partial charge is 0.387 e. The highest BCUT2D eigenvalue weighted by atomic mass is 31.2. The lowest BCUT2D eigenvalue weighted by atomic mass is 10.0. The van der Waals surface area contributed by atoms with E-state index in [1.807, 2.05) is 62.5 Å². The van der Waals surface area contributed by atoms with Crippen molar-refractivity contribution < 1.29 is 5.11 Å². The first-order valence-corrected chi connectivity index (χ1v) is 9.37. The summed E-state index contributed by atoms with van der Waals surface area (Å²) in [7, 11) is 6.68. The molecule has 2 rings (SSSR count). The van der Waals surface area contributed by atoms with Crippen molar-refractivity contribution in [3.8, 4) is 0 Å². The summed E-state index contributed by atoms with van der Waals surface area (Å²) in [6.07, 6.45) is -0.553. The van der Waals surface area contributed by atoms with Crippen LogP contribution in [0.25, 0.3) is 0 Å². The van der Waals surface area contributed by atoms with Gasteiger partial charge in [-0.1, -0.05) is 48.5 Å². The molecule has 21 heavy (non-hydrogen) atoms. The van der Waals surface area contributed by atoms with Crippen LogP contribution in [0.15, 0.2) is 60.7 Å². The highest BCUT2D eigenvalue weighted by molar-refractivity contribution is 8.00. The Labute approximate surface area is 129 Å². The lowest BCUT2D eigenvalue weighted by Crippen LogP contribution is -2.37. The summed E-state index contributed by atoms with van der Waals surface area (Å²) in [6, 6.07) is 19.8. The van der Waals surface area contributed by atoms with Gasteiger partial charge in [-0.3, -0.25) is 7.57 Å². The molecule has 0 aliphatic heterocycles. The van der Waals surface area contributed by atoms with E-state index >= 15 is 0 Å². The Morgan fingerprint density at radius 3 is 2.00 bits per heavy atom. The van der Waals surface area contributed by atoms with Crippen molar-refractivity contribution in [1.82, 2.24) is 4.67 Å². The molecule has 2 aromatic carbocycles. The van der Waals surface area contributed by atoms with Crippen molar-refractivity contribution in [1.29, 1.82) is 0 Å². The van der Waals surface area contributed by atoms with Gasteiger partial charge in [0.05, 0.1) is 17.5 Å². The summed E-state index contributed by atoms with van der Waals surface area (Å²) in [5, 5.41) is 11.7. The van der Waals surface area contributed by atoms with E-state index in [1.165, 1.54) is 0 Å². The molecule has 2 aromatic rings. The molecule has 0 amide bonds. The van der Waals surface area contributed by atoms with E-state index in [1.54, 1.807) is 0 Å². The lowest BCUT2D eigenvalue weighted by Gasteiger charge is -2.45. The van der Waals surface area contributed by atoms with Gasteiger partial charge < -0.3 is 5.11 Å². The number of rotatable bonds is 5. The van der Waals surface area contributed by atoms with Crippen molar-refractivity contribution in [2.24, 2.45) is 0 Å². The Balaban J connectivity index is 2.20. The maximum absolute atomic E-state index is 10.6. The SMILES string of the molecule is [B-][P+](C)(c1ccccc1)N(C)[C@H](C)[C@@H](O)c1ccccc1. The minimum atomic E-state index is -1.94. The second-order valence-electron chi connectivity index (χ2n) is 5.53. The fraction of sp³-hybridized carbons (Fsp3) is 0.294. The molecule has 1 unspecified atom stereocenters. The molecule has 0 aromatic heterocycles. The zero-order valence-electron chi connectivity index (χ0n) is 12.8. The van der Waals surface area contributed by atoms with Crippen LogP contribution < -0.4 is 5.30 Å². The number of likely N-dealkylation sites (N-methyl/N-ethyl adjacent to an activating group) is 1. The summed E-state index contributed by atoms with van der Waals surface area (Å²) < 4.78 is 2.12. The number of hydrogen-bond acceptors (Lipinski definition) is 2. The van der Waals surface area contributed by atoms with E-state index in [2.05, 4.69) is 23.5 Å². The number of nitrogens with zero attached hydrogens (tertiary/aromatic N) is 1. The van der Waals surface area contributed by atoms with Crippen molar-refractivity contribution >= 4 is 20.2 Å². The third-order valence-corrected chi connectivity index (χ3v) is 7.14. The Morgan fingerprint density at radius 1 is 1.00 bits per heavy atom. The zero-order chi connectivity index (χ0) is 15.5. The van der Waals surface area contributed by atoms with E-state index in [4.69, 9.17) is 7.57 Å². The smallest absolute Gasteiger partial charge is 0.0975 e. The van der Waals surface area contributed by atoms with Gasteiger partial charge in [0.25, 0.3) is 0 Å². The van der Waals surface area contributed by atoms with Gasteiger partial charge in [0.15, 0.2) is 0 Å². The predicted octanol–water partition coefficient (Wildman–Crippen LogP) is 3.01. The normalized spacial score (nSPS) is 17.2. The number of aliphatic hydroxyl groups is 1. The summed E-state index contributed by atoms with van der Waals surface area (Å²) in [6.45, 7) is 4.10. The van der Waals surface area contributed by atoms with Gasteiger partial charge in [0.2, 0.25) is 0 Å². The molecule has 0 fully saturated rings. The lowest BCUT2D eigenvalue weighted by molar-refractivity contribution is 0.110. The quantitative estimate of drug-likeness (QED) is 0.677. The topological polar surface area (TPSA) is 23.5 Å². The molecule has 0 saturated heterocycles. The van der Waals surface area contributed by atoms with Gasteiger partial charge >= 0.3 is 0 Å². The second-order valence-corrected chi connectivity index (χ2v) is 8.73. The van der Waals surface area contributed by atoms with E-state index in [0.29, 0.717) is 0 Å². The summed E-state index contributed by atoms with van der Waals surface area (Å²) in [4.78, 5) is 0. The molecular formula is C17H22BNOP. The highest BCUT2D eigenvalue weighted by Crippen LogP contribution is 2.53. The van der Waals surface area contributed by atoms with E-state index < -0.39 is 13.4 Å². The monoisotopic (exact) mass is 298 g/mol. The minimum absolute atomic E-state index is 0.0593. The van der Waals surface area contributed by atoms with Gasteiger partial charge in [-0.2, -0.15) is 7.29 Å². The van der Waals surface area contributed by atoms with Gasteiger partial charge in [0, 0.05) is 13.7 Å². The Bertz CT molecular complexity index is 562. The molecule has 0 spiro atoms. The van der Waals surface area contributed by atoms with Crippen LogP contribution in [0.4, 0.5) is 0 Å². The average molecular weight is 298 g/mol. The van der Waals surface area contributed by atoms with Crippen LogP contribution in [-0.2, 0) is 0 Å².